The van der Waals surface area contributed by atoms with Gasteiger partial charge < -0.3 is 35.0 Å². The van der Waals surface area contributed by atoms with Gasteiger partial charge in [0.2, 0.25) is 5.91 Å². The lowest BCUT2D eigenvalue weighted by molar-refractivity contribution is -0.183. The molecule has 5 aliphatic rings. The van der Waals surface area contributed by atoms with Crippen LogP contribution in [0.3, 0.4) is 0 Å². The summed E-state index contributed by atoms with van der Waals surface area (Å²) < 4.78 is 6.15. The molecule has 0 unspecified atom stereocenters. The molecular weight excluding hydrogens is 719 g/mol. The third-order valence-corrected chi connectivity index (χ3v) is 13.9. The first-order valence-corrected chi connectivity index (χ1v) is 20.8. The van der Waals surface area contributed by atoms with E-state index in [9.17, 15) is 19.8 Å². The Bertz CT molecular complexity index is 1900. The van der Waals surface area contributed by atoms with Gasteiger partial charge in [-0.3, -0.25) is 14.4 Å². The molecule has 3 aromatic rings. The maximum Gasteiger partial charge on any atom is 0.254 e. The Kier molecular flexibility index (Phi) is 12.1. The van der Waals surface area contributed by atoms with Crippen LogP contribution in [0.5, 0.6) is 5.75 Å². The minimum atomic E-state index is -0.899. The molecule has 0 aromatic heterocycles. The van der Waals surface area contributed by atoms with Gasteiger partial charge in [-0.15, -0.1) is 0 Å². The highest BCUT2D eigenvalue weighted by molar-refractivity contribution is 5.97. The summed E-state index contributed by atoms with van der Waals surface area (Å²) in [5, 5.41) is 26.4. The number of aliphatic hydroxyl groups excluding tert-OH is 2. The number of likely N-dealkylation sites (N-methyl/N-ethyl adjacent to an activating group) is 1. The zero-order valence-corrected chi connectivity index (χ0v) is 35.0. The zero-order chi connectivity index (χ0) is 40.8. The average Bonchev–Trinajstić information content (AvgIpc) is 3.57. The minimum Gasteiger partial charge on any atom is -0.496 e. The maximum atomic E-state index is 14.5. The third kappa shape index (κ3) is 8.06. The van der Waals surface area contributed by atoms with Crippen molar-refractivity contribution in [2.24, 2.45) is 29.1 Å². The number of ether oxygens (including phenoxy) is 1. The fraction of sp³-hybridized carbons (Fsp3) is 0.565. The molecule has 2 bridgehead atoms. The van der Waals surface area contributed by atoms with Crippen molar-refractivity contribution in [2.75, 3.05) is 59.4 Å². The Hall–Kier alpha value is -4.00. The molecule has 57 heavy (non-hydrogen) atoms. The molecular formula is C46H63N5O6. The molecule has 3 N–H and O–H groups in total. The van der Waals surface area contributed by atoms with Crippen LogP contribution in [0.4, 0.5) is 5.69 Å². The molecule has 308 valence electrons. The van der Waals surface area contributed by atoms with Gasteiger partial charge in [-0.05, 0) is 85.7 Å². The second-order valence-electron chi connectivity index (χ2n) is 18.0. The Labute approximate surface area is 338 Å². The number of fused-ring (bicyclic) bond motifs is 2. The van der Waals surface area contributed by atoms with E-state index >= 15 is 0 Å². The molecule has 8 rings (SSSR count). The number of carbonyl (C=O) groups excluding carboxylic acids is 2. The summed E-state index contributed by atoms with van der Waals surface area (Å²) in [5.41, 5.74) is 5.39. The van der Waals surface area contributed by atoms with E-state index in [0.29, 0.717) is 35.6 Å². The number of benzene rings is 3. The third-order valence-electron chi connectivity index (χ3n) is 13.9. The number of hydrogen-bond acceptors (Lipinski definition) is 9. The van der Waals surface area contributed by atoms with Crippen molar-refractivity contribution >= 4 is 17.5 Å². The van der Waals surface area contributed by atoms with Crippen molar-refractivity contribution in [3.8, 4) is 16.9 Å². The summed E-state index contributed by atoms with van der Waals surface area (Å²) in [6, 6.07) is 21.5. The van der Waals surface area contributed by atoms with E-state index in [1.165, 1.54) is 12.0 Å². The normalized spacial score (nSPS) is 29.1. The van der Waals surface area contributed by atoms with E-state index in [1.807, 2.05) is 72.4 Å². The fourth-order valence-corrected chi connectivity index (χ4v) is 10.5. The molecule has 11 heteroatoms. The van der Waals surface area contributed by atoms with Crippen LogP contribution in [0.1, 0.15) is 62.0 Å². The number of para-hydroxylation sites is 1. The summed E-state index contributed by atoms with van der Waals surface area (Å²) in [7, 11) is 7.68. The number of aliphatic hydroxyl groups is 2. The number of anilines is 1. The maximum absolute atomic E-state index is 14.5. The van der Waals surface area contributed by atoms with Crippen molar-refractivity contribution in [3.63, 3.8) is 0 Å². The predicted molar refractivity (Wildman–Crippen MR) is 223 cm³/mol. The molecule has 3 aromatic carbocycles. The van der Waals surface area contributed by atoms with Gasteiger partial charge >= 0.3 is 0 Å². The van der Waals surface area contributed by atoms with Crippen LogP contribution >= 0.6 is 0 Å². The first-order chi connectivity index (χ1) is 27.2. The highest BCUT2D eigenvalue weighted by Gasteiger charge is 2.57. The van der Waals surface area contributed by atoms with Gasteiger partial charge in [-0.1, -0.05) is 69.3 Å². The molecule has 5 fully saturated rings. The van der Waals surface area contributed by atoms with Crippen LogP contribution in [0, 0.1) is 29.1 Å². The van der Waals surface area contributed by atoms with Crippen LogP contribution in [0.2, 0.25) is 0 Å². The van der Waals surface area contributed by atoms with Gasteiger partial charge in [0.15, 0.2) is 0 Å². The molecule has 2 saturated heterocycles. The van der Waals surface area contributed by atoms with Crippen molar-refractivity contribution < 1.29 is 29.4 Å². The number of amides is 2. The van der Waals surface area contributed by atoms with Crippen molar-refractivity contribution in [2.45, 2.75) is 83.8 Å². The lowest BCUT2D eigenvalue weighted by Gasteiger charge is -2.62. The summed E-state index contributed by atoms with van der Waals surface area (Å²) >= 11 is 0. The number of methoxy groups -OCH3 is 1. The second kappa shape index (κ2) is 16.7. The predicted octanol–water partition coefficient (Wildman–Crippen LogP) is 5.09. The van der Waals surface area contributed by atoms with Crippen LogP contribution in [0.25, 0.3) is 11.1 Å². The smallest absolute Gasteiger partial charge is 0.254 e. The van der Waals surface area contributed by atoms with Gasteiger partial charge in [-0.25, -0.2) is 0 Å². The largest absolute Gasteiger partial charge is 0.496 e. The van der Waals surface area contributed by atoms with E-state index in [-0.39, 0.29) is 42.5 Å². The van der Waals surface area contributed by atoms with Gasteiger partial charge in [0.1, 0.15) is 17.9 Å². The van der Waals surface area contributed by atoms with Crippen molar-refractivity contribution in [1.29, 1.82) is 0 Å². The Balaban J connectivity index is 1.18. The Morgan fingerprint density at radius 3 is 2.46 bits per heavy atom. The van der Waals surface area contributed by atoms with Gasteiger partial charge in [-0.2, -0.15) is 5.06 Å². The van der Waals surface area contributed by atoms with E-state index < -0.39 is 24.2 Å². The Morgan fingerprint density at radius 1 is 1.05 bits per heavy atom. The number of nitrogens with one attached hydrogen (secondary N) is 1. The quantitative estimate of drug-likeness (QED) is 0.231. The van der Waals surface area contributed by atoms with Crippen LogP contribution in [-0.4, -0.2) is 122 Å². The first-order valence-electron chi connectivity index (χ1n) is 20.8. The lowest BCUT2D eigenvalue weighted by atomic mass is 9.45. The number of hydrogen-bond donors (Lipinski definition) is 3. The summed E-state index contributed by atoms with van der Waals surface area (Å²) in [6.07, 6.45) is 1.26. The summed E-state index contributed by atoms with van der Waals surface area (Å²) in [4.78, 5) is 41.5. The fourth-order valence-electron chi connectivity index (χ4n) is 10.5. The lowest BCUT2D eigenvalue weighted by Crippen LogP contribution is -2.62. The van der Waals surface area contributed by atoms with E-state index in [1.54, 1.807) is 19.1 Å². The van der Waals surface area contributed by atoms with Crippen LogP contribution in [-0.2, 0) is 22.6 Å². The number of nitrogens with zero attached hydrogens (tertiary/aromatic N) is 4. The van der Waals surface area contributed by atoms with E-state index in [0.717, 1.165) is 48.3 Å². The van der Waals surface area contributed by atoms with Crippen LogP contribution < -0.4 is 15.0 Å². The van der Waals surface area contributed by atoms with E-state index in [2.05, 4.69) is 56.2 Å². The van der Waals surface area contributed by atoms with Crippen molar-refractivity contribution in [3.05, 3.63) is 83.4 Å². The molecule has 0 spiro atoms. The standard InChI is InChI=1S/C46H63N5O6/c1-28-38-23-34(46(38,3)4)24-39(28)47-44(54)42-41(29(2)53)40(27-52)57-51(42)25-31-15-12-16-37(43(31)56-8)32-20-33(22-35(21-32)48(5)6)45(55)50-18-17-49(7)26-36(50)19-30-13-10-9-11-14-30/h9-16,20-22,28-29,34,36,38-42,52-53H,17-19,23-27H2,1-8H3,(H,47,54)/t28-,29-,34+,36-,38+,39-,40-,41+,42-/m0/s1. The topological polar surface area (TPSA) is 118 Å². The molecule has 2 amide bonds. The number of hydroxylamine groups is 2. The number of rotatable bonds is 12. The minimum absolute atomic E-state index is 0.00390. The number of carbonyl (C=O) groups is 2. The van der Waals surface area contributed by atoms with E-state index in [4.69, 9.17) is 9.57 Å². The number of piperazine rings is 1. The second-order valence-corrected chi connectivity index (χ2v) is 18.0. The summed E-state index contributed by atoms with van der Waals surface area (Å²) in [5.74, 6) is 1.22. The molecule has 9 atom stereocenters. The van der Waals surface area contributed by atoms with Crippen molar-refractivity contribution in [1.82, 2.24) is 20.2 Å². The summed E-state index contributed by atoms with van der Waals surface area (Å²) in [6.45, 7) is 10.7. The van der Waals surface area contributed by atoms with Gasteiger partial charge in [0.05, 0.1) is 26.4 Å². The Morgan fingerprint density at radius 2 is 1.81 bits per heavy atom. The average molecular weight is 782 g/mol. The first kappa shape index (κ1) is 41.2. The molecule has 0 radical (unpaired) electrons. The monoisotopic (exact) mass is 781 g/mol. The molecule has 3 aliphatic carbocycles. The van der Waals surface area contributed by atoms with Gasteiger partial charge in [0, 0.05) is 74.1 Å². The SMILES string of the molecule is COc1c(CN2O[C@@H](CO)[C@@H]([C@H](C)O)[C@H]2C(=O)N[C@H]2C[C@H]3C[C@H]([C@@H]2C)C3(C)C)cccc1-c1cc(C(=O)N2CCN(C)C[C@@H]2Cc2ccccc2)cc(N(C)C)c1. The highest BCUT2D eigenvalue weighted by Crippen LogP contribution is 2.61. The molecule has 2 aliphatic heterocycles. The molecule has 3 saturated carbocycles. The highest BCUT2D eigenvalue weighted by atomic mass is 16.7. The van der Waals surface area contributed by atoms with Gasteiger partial charge in [0.25, 0.3) is 5.91 Å². The van der Waals surface area contributed by atoms with Crippen LogP contribution in [0.15, 0.2) is 66.7 Å². The molecule has 11 nitrogen and oxygen atoms in total. The zero-order valence-electron chi connectivity index (χ0n) is 35.0. The molecule has 2 heterocycles.